The van der Waals surface area contributed by atoms with E-state index >= 15 is 0 Å². The molecule has 0 bridgehead atoms. The highest BCUT2D eigenvalue weighted by atomic mass is 16.5. The summed E-state index contributed by atoms with van der Waals surface area (Å²) in [5.74, 6) is 1.47. The first-order valence-electron chi connectivity index (χ1n) is 6.23. The lowest BCUT2D eigenvalue weighted by Gasteiger charge is -2.13. The fraction of sp³-hybridized carbons (Fsp3) is 0.667. The van der Waals surface area contributed by atoms with Gasteiger partial charge >= 0.3 is 0 Å². The molecule has 108 valence electrons. The van der Waals surface area contributed by atoms with Gasteiger partial charge in [0.25, 0.3) is 0 Å². The summed E-state index contributed by atoms with van der Waals surface area (Å²) in [5, 5.41) is 3.09. The van der Waals surface area contributed by atoms with E-state index in [0.29, 0.717) is 49.6 Å². The lowest BCUT2D eigenvalue weighted by molar-refractivity contribution is 0.176. The molecule has 0 aliphatic rings. The van der Waals surface area contributed by atoms with Crippen LogP contribution in [0, 0.1) is 0 Å². The van der Waals surface area contributed by atoms with Crippen LogP contribution in [0.3, 0.4) is 0 Å². The summed E-state index contributed by atoms with van der Waals surface area (Å²) >= 11 is 0. The SMILES string of the molecule is CCCOc1nc(COC)nc(NCCOC)c1N. The molecule has 0 saturated heterocycles. The highest BCUT2D eigenvalue weighted by molar-refractivity contribution is 5.66. The number of hydrogen-bond acceptors (Lipinski definition) is 7. The molecule has 1 aromatic rings. The number of anilines is 2. The molecule has 3 N–H and O–H groups in total. The van der Waals surface area contributed by atoms with Crippen LogP contribution >= 0.6 is 0 Å². The second-order valence-electron chi connectivity index (χ2n) is 3.91. The monoisotopic (exact) mass is 270 g/mol. The zero-order chi connectivity index (χ0) is 14.1. The highest BCUT2D eigenvalue weighted by Crippen LogP contribution is 2.26. The number of nitrogens with two attached hydrogens (primary N) is 1. The van der Waals surface area contributed by atoms with Gasteiger partial charge in [-0.3, -0.25) is 0 Å². The number of aromatic nitrogens is 2. The minimum atomic E-state index is 0.307. The molecule has 0 aromatic carbocycles. The van der Waals surface area contributed by atoms with Gasteiger partial charge in [0.15, 0.2) is 11.6 Å². The zero-order valence-electron chi connectivity index (χ0n) is 11.7. The fourth-order valence-electron chi connectivity index (χ4n) is 1.40. The molecule has 0 aliphatic carbocycles. The third-order valence-electron chi connectivity index (χ3n) is 2.27. The predicted molar refractivity (Wildman–Crippen MR) is 73.3 cm³/mol. The molecule has 1 rings (SSSR count). The Kier molecular flexibility index (Phi) is 6.91. The summed E-state index contributed by atoms with van der Waals surface area (Å²) in [6.07, 6.45) is 0.884. The molecular weight excluding hydrogens is 248 g/mol. The molecule has 0 saturated carbocycles. The number of ether oxygens (including phenoxy) is 3. The van der Waals surface area contributed by atoms with E-state index in [2.05, 4.69) is 15.3 Å². The molecule has 0 aliphatic heterocycles. The van der Waals surface area contributed by atoms with E-state index in [1.54, 1.807) is 14.2 Å². The molecule has 0 fully saturated rings. The highest BCUT2D eigenvalue weighted by Gasteiger charge is 2.12. The standard InChI is InChI=1S/C12H22N4O3/c1-4-6-19-12-10(13)11(14-5-7-17-2)15-9(16-12)8-18-3/h4-8,13H2,1-3H3,(H,14,15,16). The van der Waals surface area contributed by atoms with Gasteiger partial charge in [0.05, 0.1) is 13.2 Å². The first-order valence-corrected chi connectivity index (χ1v) is 6.23. The van der Waals surface area contributed by atoms with Crippen molar-refractivity contribution in [1.29, 1.82) is 0 Å². The second-order valence-corrected chi connectivity index (χ2v) is 3.91. The van der Waals surface area contributed by atoms with E-state index in [1.165, 1.54) is 0 Å². The summed E-state index contributed by atoms with van der Waals surface area (Å²) in [4.78, 5) is 8.53. The van der Waals surface area contributed by atoms with Crippen molar-refractivity contribution in [1.82, 2.24) is 9.97 Å². The second kappa shape index (κ2) is 8.49. The molecule has 0 spiro atoms. The van der Waals surface area contributed by atoms with E-state index in [9.17, 15) is 0 Å². The fourth-order valence-corrected chi connectivity index (χ4v) is 1.40. The van der Waals surface area contributed by atoms with Gasteiger partial charge in [0.2, 0.25) is 5.88 Å². The Bertz CT molecular complexity index is 387. The number of hydrogen-bond donors (Lipinski definition) is 2. The summed E-state index contributed by atoms with van der Waals surface area (Å²) in [5.41, 5.74) is 6.38. The van der Waals surface area contributed by atoms with E-state index < -0.39 is 0 Å². The molecule has 0 amide bonds. The molecule has 1 aromatic heterocycles. The van der Waals surface area contributed by atoms with E-state index in [4.69, 9.17) is 19.9 Å². The Hall–Kier alpha value is -1.60. The van der Waals surface area contributed by atoms with Gasteiger partial charge in [-0.15, -0.1) is 0 Å². The Labute approximate surface area is 113 Å². The van der Waals surface area contributed by atoms with E-state index in [0.717, 1.165) is 6.42 Å². The van der Waals surface area contributed by atoms with Crippen LogP contribution in [-0.4, -0.2) is 43.9 Å². The summed E-state index contributed by atoms with van der Waals surface area (Å²) in [6.45, 7) is 4.06. The minimum Gasteiger partial charge on any atom is -0.476 e. The van der Waals surface area contributed by atoms with Gasteiger partial charge in [0, 0.05) is 20.8 Å². The third-order valence-corrected chi connectivity index (χ3v) is 2.27. The lowest BCUT2D eigenvalue weighted by atomic mass is 10.4. The van der Waals surface area contributed by atoms with Crippen LogP contribution in [0.25, 0.3) is 0 Å². The van der Waals surface area contributed by atoms with Gasteiger partial charge in [0.1, 0.15) is 12.3 Å². The van der Waals surface area contributed by atoms with Crippen LogP contribution in [0.5, 0.6) is 5.88 Å². The lowest BCUT2D eigenvalue weighted by Crippen LogP contribution is -2.14. The summed E-state index contributed by atoms with van der Waals surface area (Å²) < 4.78 is 15.5. The van der Waals surface area contributed by atoms with Gasteiger partial charge in [-0.2, -0.15) is 4.98 Å². The maximum atomic E-state index is 5.98. The number of nitrogens with zero attached hydrogens (tertiary/aromatic N) is 2. The Morgan fingerprint density at radius 1 is 1.16 bits per heavy atom. The largest absolute Gasteiger partial charge is 0.476 e. The van der Waals surface area contributed by atoms with Crippen molar-refractivity contribution in [2.75, 3.05) is 45.0 Å². The average molecular weight is 270 g/mol. The van der Waals surface area contributed by atoms with Crippen LogP contribution in [0.2, 0.25) is 0 Å². The first-order chi connectivity index (χ1) is 9.22. The van der Waals surface area contributed by atoms with Crippen molar-refractivity contribution < 1.29 is 14.2 Å². The molecule has 0 atom stereocenters. The van der Waals surface area contributed by atoms with Crippen LogP contribution < -0.4 is 15.8 Å². The number of nitrogen functional groups attached to an aromatic ring is 1. The summed E-state index contributed by atoms with van der Waals surface area (Å²) in [7, 11) is 3.22. The van der Waals surface area contributed by atoms with Gasteiger partial charge < -0.3 is 25.3 Å². The molecule has 1 heterocycles. The Balaban J connectivity index is 2.88. The topological polar surface area (TPSA) is 91.5 Å². The van der Waals surface area contributed by atoms with Crippen molar-refractivity contribution in [2.45, 2.75) is 20.0 Å². The van der Waals surface area contributed by atoms with Gasteiger partial charge in [-0.05, 0) is 6.42 Å². The van der Waals surface area contributed by atoms with Crippen LogP contribution in [0.15, 0.2) is 0 Å². The average Bonchev–Trinajstić information content (AvgIpc) is 2.41. The van der Waals surface area contributed by atoms with Crippen molar-refractivity contribution >= 4 is 11.5 Å². The molecule has 0 radical (unpaired) electrons. The predicted octanol–water partition coefficient (Wildman–Crippen LogP) is 1.05. The Morgan fingerprint density at radius 3 is 2.58 bits per heavy atom. The first kappa shape index (κ1) is 15.5. The smallest absolute Gasteiger partial charge is 0.242 e. The summed E-state index contributed by atoms with van der Waals surface area (Å²) in [6, 6.07) is 0. The number of rotatable bonds is 9. The minimum absolute atomic E-state index is 0.307. The van der Waals surface area contributed by atoms with E-state index in [1.807, 2.05) is 6.92 Å². The van der Waals surface area contributed by atoms with Crippen LogP contribution in [0.4, 0.5) is 11.5 Å². The van der Waals surface area contributed by atoms with Crippen molar-refractivity contribution in [3.8, 4) is 5.88 Å². The molecule has 7 heteroatoms. The third kappa shape index (κ3) is 4.88. The quantitative estimate of drug-likeness (QED) is 0.648. The van der Waals surface area contributed by atoms with Gasteiger partial charge in [-0.1, -0.05) is 6.92 Å². The van der Waals surface area contributed by atoms with Crippen molar-refractivity contribution in [3.05, 3.63) is 5.82 Å². The number of nitrogens with one attached hydrogen (secondary N) is 1. The van der Waals surface area contributed by atoms with Gasteiger partial charge in [-0.25, -0.2) is 4.98 Å². The molecular formula is C12H22N4O3. The van der Waals surface area contributed by atoms with E-state index in [-0.39, 0.29) is 0 Å². The number of methoxy groups -OCH3 is 2. The molecule has 19 heavy (non-hydrogen) atoms. The normalized spacial score (nSPS) is 10.5. The zero-order valence-corrected chi connectivity index (χ0v) is 11.7. The van der Waals surface area contributed by atoms with Crippen LogP contribution in [-0.2, 0) is 16.1 Å². The Morgan fingerprint density at radius 2 is 1.95 bits per heavy atom. The van der Waals surface area contributed by atoms with Crippen molar-refractivity contribution in [3.63, 3.8) is 0 Å². The maximum absolute atomic E-state index is 5.98. The van der Waals surface area contributed by atoms with Crippen LogP contribution in [0.1, 0.15) is 19.2 Å². The maximum Gasteiger partial charge on any atom is 0.242 e. The van der Waals surface area contributed by atoms with Crippen molar-refractivity contribution in [2.24, 2.45) is 0 Å². The molecule has 7 nitrogen and oxygen atoms in total. The molecule has 0 unspecified atom stereocenters.